The van der Waals surface area contributed by atoms with Crippen molar-refractivity contribution in [3.8, 4) is 5.75 Å². The summed E-state index contributed by atoms with van der Waals surface area (Å²) < 4.78 is 5.11. The van der Waals surface area contributed by atoms with Crippen molar-refractivity contribution in [2.75, 3.05) is 7.11 Å². The van der Waals surface area contributed by atoms with E-state index in [1.807, 2.05) is 30.3 Å². The highest BCUT2D eigenvalue weighted by atomic mass is 32.1. The minimum atomic E-state index is -0.369. The number of hydrogen-bond donors (Lipinski definition) is 2. The van der Waals surface area contributed by atoms with Gasteiger partial charge in [-0.2, -0.15) is 0 Å². The van der Waals surface area contributed by atoms with E-state index < -0.39 is 0 Å². The third kappa shape index (κ3) is 3.81. The van der Waals surface area contributed by atoms with Gasteiger partial charge in [0.25, 0.3) is 5.91 Å². The molecule has 0 spiro atoms. The van der Waals surface area contributed by atoms with Gasteiger partial charge in [-0.3, -0.25) is 4.79 Å². The van der Waals surface area contributed by atoms with Gasteiger partial charge in [0.1, 0.15) is 5.75 Å². The van der Waals surface area contributed by atoms with E-state index in [1.54, 1.807) is 13.2 Å². The lowest BCUT2D eigenvalue weighted by molar-refractivity contribution is 0.100. The zero-order chi connectivity index (χ0) is 13.7. The molecular weight excluding hydrogens is 260 g/mol. The molecule has 1 aromatic carbocycles. The molecule has 0 bridgehead atoms. The van der Waals surface area contributed by atoms with Gasteiger partial charge in [-0.25, -0.2) is 0 Å². The zero-order valence-electron chi connectivity index (χ0n) is 10.7. The van der Waals surface area contributed by atoms with Crippen molar-refractivity contribution in [2.24, 2.45) is 5.73 Å². The second-order valence-electron chi connectivity index (χ2n) is 4.08. The number of nitrogens with one attached hydrogen (secondary N) is 1. The van der Waals surface area contributed by atoms with Crippen LogP contribution >= 0.6 is 11.3 Å². The van der Waals surface area contributed by atoms with Gasteiger partial charge in [0, 0.05) is 18.0 Å². The first kappa shape index (κ1) is 13.6. The largest absolute Gasteiger partial charge is 0.497 e. The standard InChI is InChI=1S/C14H16N2O2S/c1-18-11-4-2-10(3-5-11)8-16-9-12-6-7-13(19-12)14(15)17/h2-7,16H,8-9H2,1H3,(H2,15,17). The molecular formula is C14H16N2O2S. The molecule has 0 unspecified atom stereocenters. The smallest absolute Gasteiger partial charge is 0.258 e. The van der Waals surface area contributed by atoms with E-state index in [1.165, 1.54) is 16.9 Å². The maximum atomic E-state index is 11.0. The molecule has 1 heterocycles. The van der Waals surface area contributed by atoms with Crippen LogP contribution in [0.25, 0.3) is 0 Å². The van der Waals surface area contributed by atoms with Crippen LogP contribution < -0.4 is 15.8 Å². The minimum Gasteiger partial charge on any atom is -0.497 e. The third-order valence-corrected chi connectivity index (χ3v) is 3.79. The molecule has 0 aliphatic heterocycles. The number of carbonyl (C=O) groups excluding carboxylic acids is 1. The lowest BCUT2D eigenvalue weighted by atomic mass is 10.2. The predicted octanol–water partition coefficient (Wildman–Crippen LogP) is 2.15. The Kier molecular flexibility index (Phi) is 4.54. The summed E-state index contributed by atoms with van der Waals surface area (Å²) in [5.41, 5.74) is 6.40. The molecule has 0 atom stereocenters. The van der Waals surface area contributed by atoms with E-state index in [2.05, 4.69) is 5.32 Å². The Morgan fingerprint density at radius 3 is 2.53 bits per heavy atom. The van der Waals surface area contributed by atoms with Gasteiger partial charge < -0.3 is 15.8 Å². The second-order valence-corrected chi connectivity index (χ2v) is 5.25. The van der Waals surface area contributed by atoms with Crippen molar-refractivity contribution in [1.82, 2.24) is 5.32 Å². The van der Waals surface area contributed by atoms with E-state index >= 15 is 0 Å². The Bertz CT molecular complexity index is 549. The summed E-state index contributed by atoms with van der Waals surface area (Å²) in [6.45, 7) is 1.50. The lowest BCUT2D eigenvalue weighted by Crippen LogP contribution is -2.11. The Balaban J connectivity index is 1.83. The molecule has 19 heavy (non-hydrogen) atoms. The summed E-state index contributed by atoms with van der Waals surface area (Å²) in [5, 5.41) is 3.33. The Labute approximate surface area is 116 Å². The van der Waals surface area contributed by atoms with E-state index in [4.69, 9.17) is 10.5 Å². The van der Waals surface area contributed by atoms with Crippen molar-refractivity contribution in [1.29, 1.82) is 0 Å². The van der Waals surface area contributed by atoms with Gasteiger partial charge in [-0.1, -0.05) is 12.1 Å². The molecule has 100 valence electrons. The number of ether oxygens (including phenoxy) is 1. The SMILES string of the molecule is COc1ccc(CNCc2ccc(C(N)=O)s2)cc1. The van der Waals surface area contributed by atoms with Crippen molar-refractivity contribution < 1.29 is 9.53 Å². The van der Waals surface area contributed by atoms with E-state index in [0.717, 1.165) is 23.7 Å². The number of carbonyl (C=O) groups is 1. The van der Waals surface area contributed by atoms with Gasteiger partial charge in [-0.15, -0.1) is 11.3 Å². The number of thiophene rings is 1. The van der Waals surface area contributed by atoms with Crippen LogP contribution in [0.1, 0.15) is 20.1 Å². The normalized spacial score (nSPS) is 10.4. The number of hydrogen-bond acceptors (Lipinski definition) is 4. The molecule has 0 aliphatic carbocycles. The number of benzene rings is 1. The fourth-order valence-electron chi connectivity index (χ4n) is 1.68. The van der Waals surface area contributed by atoms with Gasteiger partial charge in [0.2, 0.25) is 0 Å². The predicted molar refractivity (Wildman–Crippen MR) is 76.4 cm³/mol. The maximum Gasteiger partial charge on any atom is 0.258 e. The van der Waals surface area contributed by atoms with Gasteiger partial charge >= 0.3 is 0 Å². The molecule has 4 nitrogen and oxygen atoms in total. The van der Waals surface area contributed by atoms with Crippen LogP contribution in [0.15, 0.2) is 36.4 Å². The maximum absolute atomic E-state index is 11.0. The molecule has 2 aromatic rings. The van der Waals surface area contributed by atoms with Crippen molar-refractivity contribution >= 4 is 17.2 Å². The third-order valence-electron chi connectivity index (χ3n) is 2.69. The number of nitrogens with two attached hydrogens (primary N) is 1. The first-order valence-corrected chi connectivity index (χ1v) is 6.73. The molecule has 5 heteroatoms. The minimum absolute atomic E-state index is 0.369. The summed E-state index contributed by atoms with van der Waals surface area (Å²) >= 11 is 1.43. The molecule has 0 saturated heterocycles. The molecule has 1 aromatic heterocycles. The van der Waals surface area contributed by atoms with Crippen molar-refractivity contribution in [3.63, 3.8) is 0 Å². The van der Waals surface area contributed by atoms with Gasteiger partial charge in [0.15, 0.2) is 0 Å². The number of methoxy groups -OCH3 is 1. The molecule has 0 fully saturated rings. The molecule has 0 saturated carbocycles. The first-order valence-electron chi connectivity index (χ1n) is 5.91. The van der Waals surface area contributed by atoms with Crippen LogP contribution in [0.3, 0.4) is 0 Å². The van der Waals surface area contributed by atoms with Crippen LogP contribution in [0.2, 0.25) is 0 Å². The van der Waals surface area contributed by atoms with E-state index in [9.17, 15) is 4.79 Å². The first-order chi connectivity index (χ1) is 9.19. The van der Waals surface area contributed by atoms with Crippen LogP contribution in [0, 0.1) is 0 Å². The summed E-state index contributed by atoms with van der Waals surface area (Å²) in [7, 11) is 1.65. The van der Waals surface area contributed by atoms with Crippen LogP contribution in [0.5, 0.6) is 5.75 Å². The highest BCUT2D eigenvalue weighted by Crippen LogP contribution is 2.16. The van der Waals surface area contributed by atoms with E-state index in [-0.39, 0.29) is 5.91 Å². The Morgan fingerprint density at radius 1 is 1.21 bits per heavy atom. The topological polar surface area (TPSA) is 64.3 Å². The van der Waals surface area contributed by atoms with Crippen molar-refractivity contribution in [2.45, 2.75) is 13.1 Å². The number of primary amides is 1. The van der Waals surface area contributed by atoms with Crippen molar-refractivity contribution in [3.05, 3.63) is 51.7 Å². The molecule has 0 radical (unpaired) electrons. The number of rotatable bonds is 6. The summed E-state index contributed by atoms with van der Waals surface area (Å²) in [6.07, 6.45) is 0. The summed E-state index contributed by atoms with van der Waals surface area (Å²) in [5.74, 6) is 0.486. The summed E-state index contributed by atoms with van der Waals surface area (Å²) in [6, 6.07) is 11.6. The second kappa shape index (κ2) is 6.36. The number of amides is 1. The quantitative estimate of drug-likeness (QED) is 0.849. The van der Waals surface area contributed by atoms with Crippen LogP contribution in [-0.2, 0) is 13.1 Å². The zero-order valence-corrected chi connectivity index (χ0v) is 11.5. The highest BCUT2D eigenvalue weighted by molar-refractivity contribution is 7.14. The summed E-state index contributed by atoms with van der Waals surface area (Å²) in [4.78, 5) is 12.7. The van der Waals surface area contributed by atoms with Crippen LogP contribution in [-0.4, -0.2) is 13.0 Å². The highest BCUT2D eigenvalue weighted by Gasteiger charge is 2.04. The fraction of sp³-hybridized carbons (Fsp3) is 0.214. The van der Waals surface area contributed by atoms with Gasteiger partial charge in [-0.05, 0) is 29.8 Å². The molecule has 0 aliphatic rings. The van der Waals surface area contributed by atoms with Gasteiger partial charge in [0.05, 0.1) is 12.0 Å². The average molecular weight is 276 g/mol. The molecule has 2 rings (SSSR count). The van der Waals surface area contributed by atoms with Crippen LogP contribution in [0.4, 0.5) is 0 Å². The Hall–Kier alpha value is -1.85. The fourth-order valence-corrected chi connectivity index (χ4v) is 2.51. The van der Waals surface area contributed by atoms with E-state index in [0.29, 0.717) is 4.88 Å². The monoisotopic (exact) mass is 276 g/mol. The Morgan fingerprint density at radius 2 is 1.95 bits per heavy atom. The lowest BCUT2D eigenvalue weighted by Gasteiger charge is -2.04. The average Bonchev–Trinajstić information content (AvgIpc) is 2.89. The molecule has 3 N–H and O–H groups in total. The molecule has 1 amide bonds.